The van der Waals surface area contributed by atoms with Gasteiger partial charge < -0.3 is 5.11 Å². The number of aliphatic hydroxyl groups is 1. The molecule has 1 aromatic rings. The van der Waals surface area contributed by atoms with Crippen molar-refractivity contribution in [1.82, 2.24) is 0 Å². The fraction of sp³-hybridized carbons (Fsp3) is 0.455. The molecule has 0 saturated carbocycles. The lowest BCUT2D eigenvalue weighted by Gasteiger charge is -2.12. The summed E-state index contributed by atoms with van der Waals surface area (Å²) in [5.41, 5.74) is 2.83. The zero-order chi connectivity index (χ0) is 9.84. The van der Waals surface area contributed by atoms with Crippen LogP contribution in [-0.2, 0) is 6.67 Å². The Hall–Kier alpha value is -0.890. The Balaban J connectivity index is 3.03. The molecule has 0 aliphatic carbocycles. The Morgan fingerprint density at radius 1 is 1.46 bits per heavy atom. The van der Waals surface area contributed by atoms with E-state index in [2.05, 4.69) is 0 Å². The number of hydrogen-bond acceptors (Lipinski definition) is 1. The predicted octanol–water partition coefficient (Wildman–Crippen LogP) is 2.56. The number of aryl methyl sites for hydroxylation is 1. The molecule has 1 rings (SSSR count). The molecule has 72 valence electrons. The van der Waals surface area contributed by atoms with Crippen LogP contribution in [0, 0.1) is 6.92 Å². The summed E-state index contributed by atoms with van der Waals surface area (Å²) >= 11 is 0. The second kappa shape index (κ2) is 4.38. The molecule has 0 aliphatic heterocycles. The first kappa shape index (κ1) is 10.2. The van der Waals surface area contributed by atoms with Gasteiger partial charge in [-0.15, -0.1) is 0 Å². The van der Waals surface area contributed by atoms with Gasteiger partial charge in [-0.25, -0.2) is 4.39 Å². The van der Waals surface area contributed by atoms with Gasteiger partial charge in [0.2, 0.25) is 0 Å². The molecule has 1 nitrogen and oxygen atoms in total. The van der Waals surface area contributed by atoms with Gasteiger partial charge in [0.15, 0.2) is 0 Å². The maximum atomic E-state index is 12.3. The van der Waals surface area contributed by atoms with Crippen LogP contribution < -0.4 is 0 Å². The summed E-state index contributed by atoms with van der Waals surface area (Å²) in [7, 11) is 0. The Bertz CT molecular complexity index is 283. The predicted molar refractivity (Wildman–Crippen MR) is 51.5 cm³/mol. The zero-order valence-corrected chi connectivity index (χ0v) is 8.05. The maximum absolute atomic E-state index is 12.3. The molecule has 0 aliphatic rings. The van der Waals surface area contributed by atoms with Crippen molar-refractivity contribution in [2.24, 2.45) is 0 Å². The van der Waals surface area contributed by atoms with E-state index in [4.69, 9.17) is 5.11 Å². The van der Waals surface area contributed by atoms with Gasteiger partial charge in [0.1, 0.15) is 6.67 Å². The van der Waals surface area contributed by atoms with E-state index in [9.17, 15) is 4.39 Å². The van der Waals surface area contributed by atoms with Crippen molar-refractivity contribution in [3.63, 3.8) is 0 Å². The molecule has 1 aromatic carbocycles. The van der Waals surface area contributed by atoms with Gasteiger partial charge in [-0.3, -0.25) is 0 Å². The highest BCUT2D eigenvalue weighted by Gasteiger charge is 2.07. The van der Waals surface area contributed by atoms with E-state index in [0.717, 1.165) is 11.1 Å². The number of alkyl halides is 1. The first-order valence-corrected chi connectivity index (χ1v) is 4.45. The third kappa shape index (κ3) is 2.28. The third-order valence-corrected chi connectivity index (χ3v) is 2.30. The molecule has 0 saturated heterocycles. The molecular formula is C11H15FO. The molecule has 0 spiro atoms. The summed E-state index contributed by atoms with van der Waals surface area (Å²) in [6.07, 6.45) is 0. The highest BCUT2D eigenvalue weighted by atomic mass is 19.1. The SMILES string of the molecule is Cc1ccc(CF)cc1C(C)CO. The number of halogens is 1. The van der Waals surface area contributed by atoms with Crippen LogP contribution >= 0.6 is 0 Å². The summed E-state index contributed by atoms with van der Waals surface area (Å²) in [5.74, 6) is 0.0894. The highest BCUT2D eigenvalue weighted by Crippen LogP contribution is 2.20. The van der Waals surface area contributed by atoms with Crippen LogP contribution in [0.25, 0.3) is 0 Å². The van der Waals surface area contributed by atoms with Crippen molar-refractivity contribution >= 4 is 0 Å². The lowest BCUT2D eigenvalue weighted by atomic mass is 9.95. The monoisotopic (exact) mass is 182 g/mol. The fourth-order valence-corrected chi connectivity index (χ4v) is 1.40. The average Bonchev–Trinajstić information content (AvgIpc) is 2.17. The smallest absolute Gasteiger partial charge is 0.115 e. The molecule has 0 fully saturated rings. The topological polar surface area (TPSA) is 20.2 Å². The van der Waals surface area contributed by atoms with Crippen molar-refractivity contribution in [2.45, 2.75) is 26.4 Å². The average molecular weight is 182 g/mol. The molecule has 0 heterocycles. The van der Waals surface area contributed by atoms with Crippen molar-refractivity contribution in [3.05, 3.63) is 34.9 Å². The standard InChI is InChI=1S/C11H15FO/c1-8-3-4-10(6-12)5-11(8)9(2)7-13/h3-5,9,13H,6-7H2,1-2H3. The number of benzene rings is 1. The van der Waals surface area contributed by atoms with Crippen molar-refractivity contribution in [3.8, 4) is 0 Å². The minimum atomic E-state index is -0.439. The Labute approximate surface area is 78.2 Å². The molecule has 13 heavy (non-hydrogen) atoms. The number of hydrogen-bond donors (Lipinski definition) is 1. The minimum absolute atomic E-state index is 0.0894. The second-order valence-corrected chi connectivity index (χ2v) is 3.41. The first-order valence-electron chi connectivity index (χ1n) is 4.45. The molecule has 1 N–H and O–H groups in total. The summed E-state index contributed by atoms with van der Waals surface area (Å²) in [6.45, 7) is 3.58. The molecule has 0 aromatic heterocycles. The van der Waals surface area contributed by atoms with Crippen LogP contribution in [0.2, 0.25) is 0 Å². The van der Waals surface area contributed by atoms with E-state index in [-0.39, 0.29) is 12.5 Å². The molecule has 2 heteroatoms. The van der Waals surface area contributed by atoms with Gasteiger partial charge in [-0.05, 0) is 23.6 Å². The largest absolute Gasteiger partial charge is 0.396 e. The van der Waals surface area contributed by atoms with E-state index in [1.165, 1.54) is 0 Å². The van der Waals surface area contributed by atoms with Crippen molar-refractivity contribution in [1.29, 1.82) is 0 Å². The highest BCUT2D eigenvalue weighted by molar-refractivity contribution is 5.33. The molecule has 0 amide bonds. The van der Waals surface area contributed by atoms with Gasteiger partial charge in [0.05, 0.1) is 0 Å². The first-order chi connectivity index (χ1) is 6.19. The number of aliphatic hydroxyl groups excluding tert-OH is 1. The zero-order valence-electron chi connectivity index (χ0n) is 8.05. The minimum Gasteiger partial charge on any atom is -0.396 e. The summed E-state index contributed by atoms with van der Waals surface area (Å²) < 4.78 is 12.3. The van der Waals surface area contributed by atoms with Crippen LogP contribution in [0.4, 0.5) is 4.39 Å². The molecular weight excluding hydrogens is 167 g/mol. The van der Waals surface area contributed by atoms with E-state index in [1.54, 1.807) is 6.07 Å². The quantitative estimate of drug-likeness (QED) is 0.761. The van der Waals surface area contributed by atoms with Crippen LogP contribution in [0.15, 0.2) is 18.2 Å². The van der Waals surface area contributed by atoms with Crippen LogP contribution in [0.5, 0.6) is 0 Å². The Kier molecular flexibility index (Phi) is 3.43. The van der Waals surface area contributed by atoms with Gasteiger partial charge in [0.25, 0.3) is 0 Å². The van der Waals surface area contributed by atoms with Gasteiger partial charge >= 0.3 is 0 Å². The van der Waals surface area contributed by atoms with Crippen LogP contribution in [0.1, 0.15) is 29.5 Å². The fourth-order valence-electron chi connectivity index (χ4n) is 1.40. The van der Waals surface area contributed by atoms with Gasteiger partial charge in [-0.1, -0.05) is 25.1 Å². The number of rotatable bonds is 3. The summed E-state index contributed by atoms with van der Waals surface area (Å²) in [6, 6.07) is 5.51. The van der Waals surface area contributed by atoms with Crippen molar-refractivity contribution in [2.75, 3.05) is 6.61 Å². The van der Waals surface area contributed by atoms with Crippen LogP contribution in [-0.4, -0.2) is 11.7 Å². The summed E-state index contributed by atoms with van der Waals surface area (Å²) in [4.78, 5) is 0. The lowest BCUT2D eigenvalue weighted by Crippen LogP contribution is -2.02. The van der Waals surface area contributed by atoms with E-state index >= 15 is 0 Å². The van der Waals surface area contributed by atoms with E-state index in [1.807, 2.05) is 26.0 Å². The third-order valence-electron chi connectivity index (χ3n) is 2.30. The lowest BCUT2D eigenvalue weighted by molar-refractivity contribution is 0.272. The molecule has 0 radical (unpaired) electrons. The molecule has 0 bridgehead atoms. The van der Waals surface area contributed by atoms with Gasteiger partial charge in [-0.2, -0.15) is 0 Å². The van der Waals surface area contributed by atoms with Crippen LogP contribution in [0.3, 0.4) is 0 Å². The normalized spacial score (nSPS) is 12.9. The second-order valence-electron chi connectivity index (χ2n) is 3.41. The van der Waals surface area contributed by atoms with E-state index < -0.39 is 6.67 Å². The Morgan fingerprint density at radius 2 is 2.15 bits per heavy atom. The summed E-state index contributed by atoms with van der Waals surface area (Å²) in [5, 5.41) is 8.98. The molecule has 1 atom stereocenters. The molecule has 1 unspecified atom stereocenters. The van der Waals surface area contributed by atoms with Crippen molar-refractivity contribution < 1.29 is 9.50 Å². The Morgan fingerprint density at radius 3 is 2.69 bits per heavy atom. The van der Waals surface area contributed by atoms with E-state index in [0.29, 0.717) is 5.56 Å². The maximum Gasteiger partial charge on any atom is 0.115 e. The van der Waals surface area contributed by atoms with Gasteiger partial charge in [0, 0.05) is 12.5 Å².